The maximum absolute atomic E-state index is 2.53. The molecule has 4 aliphatic rings. The molecule has 2 atom stereocenters. The van der Waals surface area contributed by atoms with Gasteiger partial charge in [0.25, 0.3) is 0 Å². The van der Waals surface area contributed by atoms with E-state index in [2.05, 4.69) is 128 Å². The van der Waals surface area contributed by atoms with E-state index in [4.69, 9.17) is 0 Å². The normalized spacial score (nSPS) is 27.5. The molecule has 0 heterocycles. The lowest BCUT2D eigenvalue weighted by Crippen LogP contribution is -2.48. The molecule has 6 rings (SSSR count). The lowest BCUT2D eigenvalue weighted by atomic mass is 9.43. The summed E-state index contributed by atoms with van der Waals surface area (Å²) in [6.07, 6.45) is 14.8. The van der Waals surface area contributed by atoms with Gasteiger partial charge in [-0.1, -0.05) is 116 Å². The Morgan fingerprint density at radius 2 is 0.941 bits per heavy atom. The van der Waals surface area contributed by atoms with Crippen molar-refractivity contribution in [2.45, 2.75) is 55.4 Å². The topological polar surface area (TPSA) is 0 Å². The summed E-state index contributed by atoms with van der Waals surface area (Å²) < 4.78 is 0. The molecule has 2 aromatic rings. The van der Waals surface area contributed by atoms with Crippen LogP contribution in [0, 0.1) is 21.7 Å². The van der Waals surface area contributed by atoms with Crippen LogP contribution >= 0.6 is 0 Å². The van der Waals surface area contributed by atoms with Crippen molar-refractivity contribution in [1.82, 2.24) is 0 Å². The highest BCUT2D eigenvalue weighted by molar-refractivity contribution is 6.02. The van der Waals surface area contributed by atoms with Gasteiger partial charge < -0.3 is 0 Å². The quantitative estimate of drug-likeness (QED) is 0.379. The Morgan fingerprint density at radius 1 is 0.559 bits per heavy atom. The Kier molecular flexibility index (Phi) is 4.09. The minimum atomic E-state index is -0.104. The summed E-state index contributed by atoms with van der Waals surface area (Å²) >= 11 is 0. The Balaban J connectivity index is 1.79. The molecule has 2 aromatic carbocycles. The number of hydrogen-bond donors (Lipinski definition) is 0. The van der Waals surface area contributed by atoms with E-state index in [1.54, 1.807) is 0 Å². The van der Waals surface area contributed by atoms with Crippen molar-refractivity contribution in [3.63, 3.8) is 0 Å². The number of benzene rings is 2. The molecule has 34 heavy (non-hydrogen) atoms. The summed E-state index contributed by atoms with van der Waals surface area (Å²) in [4.78, 5) is 0. The van der Waals surface area contributed by atoms with Gasteiger partial charge >= 0.3 is 0 Å². The molecule has 0 N–H and O–H groups in total. The van der Waals surface area contributed by atoms with Gasteiger partial charge in [0, 0.05) is 10.8 Å². The molecule has 0 saturated heterocycles. The zero-order valence-electron chi connectivity index (χ0n) is 21.9. The second-order valence-corrected chi connectivity index (χ2v) is 13.1. The fourth-order valence-electron chi connectivity index (χ4n) is 6.59. The SMILES string of the molecule is CC(C)(C)C1=CC2=CC=C3C=C(C(C)(C)C)C=C4c5cc6ccccc6cc5C(=C1)[C@]2(C)[C@]34C. The third kappa shape index (κ3) is 2.60. The smallest absolute Gasteiger partial charge is 0.0315 e. The van der Waals surface area contributed by atoms with E-state index in [1.165, 1.54) is 55.3 Å². The largest absolute Gasteiger partial charge is 0.0616 e. The Bertz CT molecular complexity index is 1350. The maximum atomic E-state index is 2.53. The lowest BCUT2D eigenvalue weighted by molar-refractivity contribution is 0.298. The van der Waals surface area contributed by atoms with Crippen molar-refractivity contribution in [1.29, 1.82) is 0 Å². The molecule has 0 aromatic heterocycles. The van der Waals surface area contributed by atoms with Crippen molar-refractivity contribution in [2.24, 2.45) is 21.7 Å². The first-order valence-corrected chi connectivity index (χ1v) is 12.7. The monoisotopic (exact) mass is 444 g/mol. The van der Waals surface area contributed by atoms with Gasteiger partial charge in [0.05, 0.1) is 0 Å². The Labute approximate surface area is 205 Å². The van der Waals surface area contributed by atoms with Gasteiger partial charge in [-0.3, -0.25) is 0 Å². The summed E-state index contributed by atoms with van der Waals surface area (Å²) in [5, 5.41) is 2.64. The summed E-state index contributed by atoms with van der Waals surface area (Å²) in [7, 11) is 0. The third-order valence-electron chi connectivity index (χ3n) is 9.09. The van der Waals surface area contributed by atoms with Gasteiger partial charge in [0.1, 0.15) is 0 Å². The van der Waals surface area contributed by atoms with Crippen LogP contribution in [0.25, 0.3) is 21.9 Å². The van der Waals surface area contributed by atoms with Crippen LogP contribution in [0.3, 0.4) is 0 Å². The van der Waals surface area contributed by atoms with Gasteiger partial charge in [0.15, 0.2) is 0 Å². The average Bonchev–Trinajstić information content (AvgIpc) is 2.75. The molecule has 0 aliphatic heterocycles. The van der Waals surface area contributed by atoms with Crippen LogP contribution in [0.15, 0.2) is 95.1 Å². The predicted molar refractivity (Wildman–Crippen MR) is 147 cm³/mol. The van der Waals surface area contributed by atoms with Crippen LogP contribution in [-0.2, 0) is 0 Å². The molecule has 0 saturated carbocycles. The highest BCUT2D eigenvalue weighted by atomic mass is 14.6. The molecular weight excluding hydrogens is 408 g/mol. The molecular formula is C34H36. The van der Waals surface area contributed by atoms with E-state index in [9.17, 15) is 0 Å². The molecule has 172 valence electrons. The van der Waals surface area contributed by atoms with Crippen molar-refractivity contribution >= 4 is 21.9 Å². The fourth-order valence-corrected chi connectivity index (χ4v) is 6.59. The van der Waals surface area contributed by atoms with E-state index in [1.807, 2.05) is 0 Å². The van der Waals surface area contributed by atoms with Crippen LogP contribution in [0.2, 0.25) is 0 Å². The number of hydrogen-bond acceptors (Lipinski definition) is 0. The molecule has 0 nitrogen and oxygen atoms in total. The second kappa shape index (κ2) is 6.42. The van der Waals surface area contributed by atoms with E-state index in [-0.39, 0.29) is 21.7 Å². The second-order valence-electron chi connectivity index (χ2n) is 13.1. The van der Waals surface area contributed by atoms with Gasteiger partial charge in [-0.05, 0) is 78.3 Å². The van der Waals surface area contributed by atoms with E-state index in [0.29, 0.717) is 0 Å². The maximum Gasteiger partial charge on any atom is 0.0315 e. The van der Waals surface area contributed by atoms with Crippen molar-refractivity contribution in [3.05, 3.63) is 106 Å². The summed E-state index contributed by atoms with van der Waals surface area (Å²) in [5.74, 6) is 0. The summed E-state index contributed by atoms with van der Waals surface area (Å²) in [6.45, 7) is 19.0. The van der Waals surface area contributed by atoms with Gasteiger partial charge in [-0.25, -0.2) is 0 Å². The lowest BCUT2D eigenvalue weighted by Gasteiger charge is -2.59. The fraction of sp³-hybridized carbons (Fsp3) is 0.353. The van der Waals surface area contributed by atoms with Crippen LogP contribution in [0.5, 0.6) is 0 Å². The summed E-state index contributed by atoms with van der Waals surface area (Å²) in [6, 6.07) is 13.7. The van der Waals surface area contributed by atoms with Crippen molar-refractivity contribution in [2.75, 3.05) is 0 Å². The van der Waals surface area contributed by atoms with Gasteiger partial charge in [-0.2, -0.15) is 0 Å². The minimum Gasteiger partial charge on any atom is -0.0616 e. The molecule has 0 bridgehead atoms. The van der Waals surface area contributed by atoms with E-state index in [0.717, 1.165) is 0 Å². The number of allylic oxidation sites excluding steroid dienone is 12. The van der Waals surface area contributed by atoms with E-state index < -0.39 is 0 Å². The first kappa shape index (κ1) is 21.7. The molecule has 0 fully saturated rings. The van der Waals surface area contributed by atoms with Crippen LogP contribution in [0.1, 0.15) is 66.5 Å². The number of fused-ring (bicyclic) bond motifs is 4. The number of rotatable bonds is 0. The standard InChI is InChI=1S/C34H36/c1-31(2,3)25-17-23-13-14-24-18-26(32(4,5)6)20-30-28-16-22-12-10-9-11-21(22)15-27(28)29(19-25)33(23,7)34(24,30)8/h9-20H,1-8H3/t33-,34-/m1/s1. The zero-order chi connectivity index (χ0) is 24.3. The molecule has 0 amide bonds. The van der Waals surface area contributed by atoms with Crippen LogP contribution in [0.4, 0.5) is 0 Å². The van der Waals surface area contributed by atoms with Gasteiger partial charge in [0.2, 0.25) is 0 Å². The zero-order valence-corrected chi connectivity index (χ0v) is 21.9. The minimum absolute atomic E-state index is 0.0963. The highest BCUT2D eigenvalue weighted by Gasteiger charge is 2.59. The highest BCUT2D eigenvalue weighted by Crippen LogP contribution is 2.71. The molecule has 0 spiro atoms. The first-order valence-electron chi connectivity index (χ1n) is 12.7. The van der Waals surface area contributed by atoms with Crippen LogP contribution < -0.4 is 0 Å². The molecule has 4 aliphatic carbocycles. The third-order valence-corrected chi connectivity index (χ3v) is 9.09. The van der Waals surface area contributed by atoms with Gasteiger partial charge in [-0.15, -0.1) is 0 Å². The van der Waals surface area contributed by atoms with Crippen LogP contribution in [-0.4, -0.2) is 0 Å². The van der Waals surface area contributed by atoms with Crippen molar-refractivity contribution < 1.29 is 0 Å². The Morgan fingerprint density at radius 3 is 1.29 bits per heavy atom. The average molecular weight is 445 g/mol. The molecule has 0 radical (unpaired) electrons. The Hall–Kier alpha value is -2.86. The molecule has 0 heteroatoms. The molecule has 0 unspecified atom stereocenters. The first-order chi connectivity index (χ1) is 15.8. The van der Waals surface area contributed by atoms with E-state index >= 15 is 0 Å². The van der Waals surface area contributed by atoms with Crippen molar-refractivity contribution in [3.8, 4) is 0 Å². The predicted octanol–water partition coefficient (Wildman–Crippen LogP) is 9.47. The summed E-state index contributed by atoms with van der Waals surface area (Å²) in [5.41, 5.74) is 11.5.